The van der Waals surface area contributed by atoms with E-state index in [1.807, 2.05) is 19.9 Å². The fraction of sp³-hybridized carbons (Fsp3) is 0.571. The number of carbonyl (C=O) groups is 1. The second-order valence-electron chi connectivity index (χ2n) is 2.14. The molecule has 0 fully saturated rings. The molecule has 2 nitrogen and oxygen atoms in total. The normalized spacial score (nSPS) is 22.9. The predicted molar refractivity (Wildman–Crippen MR) is 33.9 cm³/mol. The van der Waals surface area contributed by atoms with Gasteiger partial charge in [-0.15, -0.1) is 0 Å². The van der Waals surface area contributed by atoms with Gasteiger partial charge in [0.1, 0.15) is 0 Å². The molecule has 1 atom stereocenters. The second kappa shape index (κ2) is 2.21. The standard InChI is InChI=1S/C7H10O2/c1-3-9-7(8)6-4-5(6)2/h4,6H,3H2,1-2H3/t6-/m0/s1. The Balaban J connectivity index is 2.22. The number of esters is 1. The first-order chi connectivity index (χ1) is 4.25. The van der Waals surface area contributed by atoms with Crippen LogP contribution in [0.5, 0.6) is 0 Å². The van der Waals surface area contributed by atoms with Crippen molar-refractivity contribution in [2.45, 2.75) is 13.8 Å². The third-order valence-electron chi connectivity index (χ3n) is 1.35. The van der Waals surface area contributed by atoms with E-state index in [4.69, 9.17) is 4.74 Å². The summed E-state index contributed by atoms with van der Waals surface area (Å²) in [7, 11) is 0. The zero-order valence-corrected chi connectivity index (χ0v) is 5.68. The maximum absolute atomic E-state index is 10.7. The first-order valence-electron chi connectivity index (χ1n) is 3.10. The molecule has 0 saturated carbocycles. The van der Waals surface area contributed by atoms with Gasteiger partial charge in [-0.25, -0.2) is 0 Å². The Labute approximate surface area is 54.5 Å². The van der Waals surface area contributed by atoms with Crippen molar-refractivity contribution in [3.8, 4) is 0 Å². The number of ether oxygens (including phenoxy) is 1. The van der Waals surface area contributed by atoms with Gasteiger partial charge in [0.25, 0.3) is 0 Å². The lowest BCUT2D eigenvalue weighted by molar-refractivity contribution is -0.143. The molecule has 0 heterocycles. The number of carbonyl (C=O) groups excluding carboxylic acids is 1. The maximum atomic E-state index is 10.7. The van der Waals surface area contributed by atoms with Crippen LogP contribution in [0.4, 0.5) is 0 Å². The summed E-state index contributed by atoms with van der Waals surface area (Å²) in [6, 6.07) is 0. The average molecular weight is 126 g/mol. The molecule has 9 heavy (non-hydrogen) atoms. The van der Waals surface area contributed by atoms with Crippen LogP contribution in [0.2, 0.25) is 0 Å². The molecule has 1 rings (SSSR count). The van der Waals surface area contributed by atoms with Crippen molar-refractivity contribution in [1.82, 2.24) is 0 Å². The van der Waals surface area contributed by atoms with Gasteiger partial charge < -0.3 is 4.74 Å². The molecule has 0 radical (unpaired) electrons. The van der Waals surface area contributed by atoms with Gasteiger partial charge in [0.2, 0.25) is 0 Å². The third-order valence-corrected chi connectivity index (χ3v) is 1.35. The number of hydrogen-bond donors (Lipinski definition) is 0. The summed E-state index contributed by atoms with van der Waals surface area (Å²) in [5, 5.41) is 0. The molecule has 1 aliphatic carbocycles. The minimum Gasteiger partial charge on any atom is -0.465 e. The molecule has 0 bridgehead atoms. The number of rotatable bonds is 2. The Morgan fingerprint density at radius 3 is 2.78 bits per heavy atom. The Morgan fingerprint density at radius 2 is 2.44 bits per heavy atom. The maximum Gasteiger partial charge on any atom is 0.316 e. The van der Waals surface area contributed by atoms with Crippen LogP contribution >= 0.6 is 0 Å². The highest BCUT2D eigenvalue weighted by molar-refractivity contribution is 5.82. The zero-order chi connectivity index (χ0) is 6.85. The summed E-state index contributed by atoms with van der Waals surface area (Å²) in [5.74, 6) is -0.0834. The molecule has 0 N–H and O–H groups in total. The quantitative estimate of drug-likeness (QED) is 0.409. The highest BCUT2D eigenvalue weighted by Gasteiger charge is 2.29. The van der Waals surface area contributed by atoms with Gasteiger partial charge in [-0.05, 0) is 13.8 Å². The molecular formula is C7H10O2. The van der Waals surface area contributed by atoms with E-state index in [2.05, 4.69) is 0 Å². The van der Waals surface area contributed by atoms with E-state index in [0.29, 0.717) is 6.61 Å². The van der Waals surface area contributed by atoms with Crippen molar-refractivity contribution in [2.75, 3.05) is 6.61 Å². The van der Waals surface area contributed by atoms with Crippen molar-refractivity contribution >= 4 is 5.97 Å². The van der Waals surface area contributed by atoms with Crippen LogP contribution in [0.1, 0.15) is 13.8 Å². The van der Waals surface area contributed by atoms with Crippen molar-refractivity contribution < 1.29 is 9.53 Å². The van der Waals surface area contributed by atoms with Crippen LogP contribution in [0.15, 0.2) is 11.6 Å². The van der Waals surface area contributed by atoms with E-state index in [9.17, 15) is 4.79 Å². The summed E-state index contributed by atoms with van der Waals surface area (Å²) in [6.45, 7) is 4.23. The summed E-state index contributed by atoms with van der Waals surface area (Å²) < 4.78 is 4.75. The molecule has 50 valence electrons. The molecule has 0 aromatic rings. The molecule has 0 aromatic heterocycles. The molecule has 0 aliphatic heterocycles. The summed E-state index contributed by atoms with van der Waals surface area (Å²) >= 11 is 0. The van der Waals surface area contributed by atoms with Gasteiger partial charge in [0.05, 0.1) is 12.5 Å². The van der Waals surface area contributed by atoms with Crippen LogP contribution in [-0.4, -0.2) is 12.6 Å². The van der Waals surface area contributed by atoms with Gasteiger partial charge in [-0.2, -0.15) is 0 Å². The molecule has 0 amide bonds. The molecule has 1 aliphatic rings. The monoisotopic (exact) mass is 126 g/mol. The lowest BCUT2D eigenvalue weighted by atomic mass is 10.3. The molecule has 0 unspecified atom stereocenters. The minimum absolute atomic E-state index is 0.0185. The van der Waals surface area contributed by atoms with Crippen LogP contribution < -0.4 is 0 Å². The van der Waals surface area contributed by atoms with Crippen molar-refractivity contribution in [1.29, 1.82) is 0 Å². The lowest BCUT2D eigenvalue weighted by Gasteiger charge is -1.97. The lowest BCUT2D eigenvalue weighted by Crippen LogP contribution is -2.07. The predicted octanol–water partition coefficient (Wildman–Crippen LogP) is 1.13. The highest BCUT2D eigenvalue weighted by Crippen LogP contribution is 2.28. The SMILES string of the molecule is CCOC(=O)[C@H]1C=C1C. The topological polar surface area (TPSA) is 26.3 Å². The zero-order valence-electron chi connectivity index (χ0n) is 5.68. The first kappa shape index (κ1) is 6.33. The first-order valence-corrected chi connectivity index (χ1v) is 3.10. The Hall–Kier alpha value is -0.790. The van der Waals surface area contributed by atoms with Crippen molar-refractivity contribution in [3.63, 3.8) is 0 Å². The van der Waals surface area contributed by atoms with Gasteiger partial charge in [0, 0.05) is 0 Å². The van der Waals surface area contributed by atoms with E-state index in [0.717, 1.165) is 5.57 Å². The fourth-order valence-corrected chi connectivity index (χ4v) is 0.701. The molecule has 0 saturated heterocycles. The summed E-state index contributed by atoms with van der Waals surface area (Å²) in [6.07, 6.45) is 1.90. The molecule has 2 heteroatoms. The fourth-order valence-electron chi connectivity index (χ4n) is 0.701. The van der Waals surface area contributed by atoms with E-state index in [1.165, 1.54) is 0 Å². The molecule has 0 spiro atoms. The van der Waals surface area contributed by atoms with Gasteiger partial charge in [0.15, 0.2) is 0 Å². The largest absolute Gasteiger partial charge is 0.465 e. The smallest absolute Gasteiger partial charge is 0.316 e. The van der Waals surface area contributed by atoms with Crippen molar-refractivity contribution in [2.24, 2.45) is 5.92 Å². The number of hydrogen-bond acceptors (Lipinski definition) is 2. The Kier molecular flexibility index (Phi) is 1.56. The summed E-state index contributed by atoms with van der Waals surface area (Å²) in [5.41, 5.74) is 1.13. The van der Waals surface area contributed by atoms with Gasteiger partial charge in [-0.3, -0.25) is 4.79 Å². The van der Waals surface area contributed by atoms with Crippen LogP contribution in [0.25, 0.3) is 0 Å². The molecule has 0 aromatic carbocycles. The average Bonchev–Trinajstić information content (AvgIpc) is 2.47. The Morgan fingerprint density at radius 1 is 1.89 bits per heavy atom. The van der Waals surface area contributed by atoms with Crippen LogP contribution in [0.3, 0.4) is 0 Å². The van der Waals surface area contributed by atoms with E-state index < -0.39 is 0 Å². The third kappa shape index (κ3) is 1.31. The van der Waals surface area contributed by atoms with Crippen molar-refractivity contribution in [3.05, 3.63) is 11.6 Å². The van der Waals surface area contributed by atoms with E-state index in [-0.39, 0.29) is 11.9 Å². The van der Waals surface area contributed by atoms with Gasteiger partial charge in [-0.1, -0.05) is 11.6 Å². The second-order valence-corrected chi connectivity index (χ2v) is 2.14. The molecular weight excluding hydrogens is 116 g/mol. The van der Waals surface area contributed by atoms with Gasteiger partial charge >= 0.3 is 5.97 Å². The van der Waals surface area contributed by atoms with E-state index >= 15 is 0 Å². The van der Waals surface area contributed by atoms with Crippen LogP contribution in [-0.2, 0) is 9.53 Å². The minimum atomic E-state index is -0.102. The summed E-state index contributed by atoms with van der Waals surface area (Å²) in [4.78, 5) is 10.7. The Bertz CT molecular complexity index is 158. The van der Waals surface area contributed by atoms with Crippen LogP contribution in [0, 0.1) is 5.92 Å². The highest BCUT2D eigenvalue weighted by atomic mass is 16.5. The van der Waals surface area contributed by atoms with E-state index in [1.54, 1.807) is 0 Å².